The summed E-state index contributed by atoms with van der Waals surface area (Å²) in [6.45, 7) is 6.50. The minimum atomic E-state index is -0.495. The number of nitro groups is 1. The van der Waals surface area contributed by atoms with Gasteiger partial charge in [0.2, 0.25) is 5.91 Å². The number of hydrogen-bond acceptors (Lipinski definition) is 4. The molecule has 1 saturated heterocycles. The second-order valence-corrected chi connectivity index (χ2v) is 4.93. The third-order valence-corrected chi connectivity index (χ3v) is 3.61. The van der Waals surface area contributed by atoms with Crippen molar-refractivity contribution in [2.75, 3.05) is 13.1 Å². The molecule has 7 heteroatoms. The molecule has 0 aromatic carbocycles. The summed E-state index contributed by atoms with van der Waals surface area (Å²) in [6.07, 6.45) is 2.05. The second-order valence-electron chi connectivity index (χ2n) is 4.93. The minimum Gasteiger partial charge on any atom is -0.341 e. The van der Waals surface area contributed by atoms with Crippen LogP contribution in [0.5, 0.6) is 0 Å². The third kappa shape index (κ3) is 2.32. The van der Waals surface area contributed by atoms with E-state index in [1.807, 2.05) is 0 Å². The Bertz CT molecular complexity index is 517. The predicted molar refractivity (Wildman–Crippen MR) is 68.9 cm³/mol. The zero-order valence-electron chi connectivity index (χ0n) is 11.4. The fourth-order valence-corrected chi connectivity index (χ4v) is 2.60. The van der Waals surface area contributed by atoms with E-state index >= 15 is 0 Å². The molecule has 0 bridgehead atoms. The molecule has 0 aliphatic carbocycles. The molecule has 0 unspecified atom stereocenters. The van der Waals surface area contributed by atoms with Gasteiger partial charge in [0, 0.05) is 13.1 Å². The first-order valence-corrected chi connectivity index (χ1v) is 6.42. The van der Waals surface area contributed by atoms with Gasteiger partial charge in [-0.15, -0.1) is 0 Å². The molecular formula is C12H18N4O3. The molecule has 1 atom stereocenters. The molecule has 7 nitrogen and oxygen atoms in total. The molecule has 0 saturated carbocycles. The Labute approximate surface area is 111 Å². The number of aryl methyl sites for hydroxylation is 1. The Hall–Kier alpha value is -1.92. The monoisotopic (exact) mass is 266 g/mol. The summed E-state index contributed by atoms with van der Waals surface area (Å²) in [7, 11) is 0. The molecule has 0 spiro atoms. The third-order valence-electron chi connectivity index (χ3n) is 3.61. The highest BCUT2D eigenvalue weighted by Gasteiger charge is 2.30. The van der Waals surface area contributed by atoms with Crippen LogP contribution in [0.4, 0.5) is 5.69 Å². The SMILES string of the molecule is Cc1nn([C@H](C)C(=O)N2CCCC2)c(C)c1[N+](=O)[O-]. The maximum absolute atomic E-state index is 12.3. The number of carbonyl (C=O) groups is 1. The van der Waals surface area contributed by atoms with Crippen molar-refractivity contribution in [2.45, 2.75) is 39.7 Å². The average molecular weight is 266 g/mol. The predicted octanol–water partition coefficient (Wildman–Crippen LogP) is 1.59. The maximum atomic E-state index is 12.3. The normalized spacial score (nSPS) is 16.7. The largest absolute Gasteiger partial charge is 0.341 e. The minimum absolute atomic E-state index is 0.000993. The standard InChI is InChI=1S/C12H18N4O3/c1-8-11(16(18)19)9(2)15(13-8)10(3)12(17)14-6-4-5-7-14/h10H,4-7H2,1-3H3/t10-/m1/s1. The molecule has 1 aliphatic rings. The molecule has 1 fully saturated rings. The van der Waals surface area contributed by atoms with Gasteiger partial charge in [-0.3, -0.25) is 19.6 Å². The summed E-state index contributed by atoms with van der Waals surface area (Å²) >= 11 is 0. The van der Waals surface area contributed by atoms with Gasteiger partial charge in [-0.2, -0.15) is 5.10 Å². The van der Waals surface area contributed by atoms with Crippen molar-refractivity contribution in [1.29, 1.82) is 0 Å². The van der Waals surface area contributed by atoms with Crippen molar-refractivity contribution in [3.63, 3.8) is 0 Å². The van der Waals surface area contributed by atoms with Gasteiger partial charge in [0.1, 0.15) is 17.4 Å². The Morgan fingerprint density at radius 2 is 1.95 bits per heavy atom. The zero-order valence-corrected chi connectivity index (χ0v) is 11.4. The maximum Gasteiger partial charge on any atom is 0.312 e. The highest BCUT2D eigenvalue weighted by Crippen LogP contribution is 2.25. The molecule has 0 radical (unpaired) electrons. The number of nitrogens with zero attached hydrogens (tertiary/aromatic N) is 4. The van der Waals surface area contributed by atoms with Crippen molar-refractivity contribution in [3.05, 3.63) is 21.5 Å². The van der Waals surface area contributed by atoms with E-state index in [4.69, 9.17) is 0 Å². The van der Waals surface area contributed by atoms with Crippen molar-refractivity contribution < 1.29 is 9.72 Å². The fraction of sp³-hybridized carbons (Fsp3) is 0.667. The zero-order chi connectivity index (χ0) is 14.2. The quantitative estimate of drug-likeness (QED) is 0.614. The Morgan fingerprint density at radius 1 is 1.37 bits per heavy atom. The molecule has 2 rings (SSSR count). The summed E-state index contributed by atoms with van der Waals surface area (Å²) in [5.74, 6) is -0.0157. The highest BCUT2D eigenvalue weighted by molar-refractivity contribution is 5.80. The summed E-state index contributed by atoms with van der Waals surface area (Å²) in [5.41, 5.74) is 0.784. The van der Waals surface area contributed by atoms with Crippen LogP contribution in [0.1, 0.15) is 37.2 Å². The second kappa shape index (κ2) is 4.99. The van der Waals surface area contributed by atoms with Gasteiger partial charge in [-0.05, 0) is 33.6 Å². The van der Waals surface area contributed by atoms with Crippen LogP contribution in [0.3, 0.4) is 0 Å². The van der Waals surface area contributed by atoms with Crippen LogP contribution >= 0.6 is 0 Å². The molecule has 104 valence electrons. The average Bonchev–Trinajstić information content (AvgIpc) is 2.95. The van der Waals surface area contributed by atoms with Crippen LogP contribution in [0.15, 0.2) is 0 Å². The fourth-order valence-electron chi connectivity index (χ4n) is 2.60. The Kier molecular flexibility index (Phi) is 3.55. The number of rotatable bonds is 3. The van der Waals surface area contributed by atoms with Crippen molar-refractivity contribution in [3.8, 4) is 0 Å². The molecule has 1 aromatic rings. The van der Waals surface area contributed by atoms with Crippen molar-refractivity contribution in [2.24, 2.45) is 0 Å². The van der Waals surface area contributed by atoms with E-state index in [0.29, 0.717) is 11.4 Å². The van der Waals surface area contributed by atoms with Crippen LogP contribution in [-0.4, -0.2) is 38.6 Å². The van der Waals surface area contributed by atoms with E-state index in [9.17, 15) is 14.9 Å². The lowest BCUT2D eigenvalue weighted by Crippen LogP contribution is -2.34. The Balaban J connectivity index is 2.28. The number of hydrogen-bond donors (Lipinski definition) is 0. The van der Waals surface area contributed by atoms with Crippen LogP contribution in [0.2, 0.25) is 0 Å². The first-order valence-electron chi connectivity index (χ1n) is 6.42. The number of likely N-dealkylation sites (tertiary alicyclic amines) is 1. The van der Waals surface area contributed by atoms with Gasteiger partial charge >= 0.3 is 5.69 Å². The van der Waals surface area contributed by atoms with Gasteiger partial charge < -0.3 is 4.90 Å². The first kappa shape index (κ1) is 13.5. The summed E-state index contributed by atoms with van der Waals surface area (Å²) < 4.78 is 1.47. The molecule has 1 amide bonds. The van der Waals surface area contributed by atoms with Crippen LogP contribution in [-0.2, 0) is 4.79 Å². The molecule has 1 aromatic heterocycles. The van der Waals surface area contributed by atoms with Crippen LogP contribution in [0, 0.1) is 24.0 Å². The molecular weight excluding hydrogens is 248 g/mol. The lowest BCUT2D eigenvalue weighted by atomic mass is 10.2. The Morgan fingerprint density at radius 3 is 2.42 bits per heavy atom. The van der Waals surface area contributed by atoms with E-state index in [2.05, 4.69) is 5.10 Å². The van der Waals surface area contributed by atoms with Crippen molar-refractivity contribution >= 4 is 11.6 Å². The lowest BCUT2D eigenvalue weighted by molar-refractivity contribution is -0.386. The topological polar surface area (TPSA) is 81.3 Å². The van der Waals surface area contributed by atoms with E-state index in [0.717, 1.165) is 25.9 Å². The molecule has 19 heavy (non-hydrogen) atoms. The van der Waals surface area contributed by atoms with Gasteiger partial charge in [-0.1, -0.05) is 0 Å². The van der Waals surface area contributed by atoms with Gasteiger partial charge in [-0.25, -0.2) is 0 Å². The highest BCUT2D eigenvalue weighted by atomic mass is 16.6. The number of carbonyl (C=O) groups excluding carboxylic acids is 1. The summed E-state index contributed by atoms with van der Waals surface area (Å²) in [6, 6.07) is -0.495. The smallest absolute Gasteiger partial charge is 0.312 e. The van der Waals surface area contributed by atoms with E-state index in [-0.39, 0.29) is 11.6 Å². The molecule has 2 heterocycles. The van der Waals surface area contributed by atoms with Gasteiger partial charge in [0.05, 0.1) is 4.92 Å². The van der Waals surface area contributed by atoms with Gasteiger partial charge in [0.15, 0.2) is 0 Å². The number of amides is 1. The summed E-state index contributed by atoms with van der Waals surface area (Å²) in [4.78, 5) is 24.6. The summed E-state index contributed by atoms with van der Waals surface area (Å²) in [5, 5.41) is 15.1. The van der Waals surface area contributed by atoms with Crippen LogP contribution < -0.4 is 0 Å². The molecule has 1 aliphatic heterocycles. The molecule has 0 N–H and O–H groups in total. The van der Waals surface area contributed by atoms with E-state index in [1.54, 1.807) is 25.7 Å². The van der Waals surface area contributed by atoms with Crippen molar-refractivity contribution in [1.82, 2.24) is 14.7 Å². The van der Waals surface area contributed by atoms with E-state index < -0.39 is 11.0 Å². The first-order chi connectivity index (χ1) is 8.93. The van der Waals surface area contributed by atoms with E-state index in [1.165, 1.54) is 4.68 Å². The number of aromatic nitrogens is 2. The lowest BCUT2D eigenvalue weighted by Gasteiger charge is -2.21. The van der Waals surface area contributed by atoms with Gasteiger partial charge in [0.25, 0.3) is 0 Å². The van der Waals surface area contributed by atoms with Crippen LogP contribution in [0.25, 0.3) is 0 Å².